The zero-order valence-electron chi connectivity index (χ0n) is 22.1. The Labute approximate surface area is 238 Å². The molecule has 2 saturated heterocycles. The van der Waals surface area contributed by atoms with Crippen LogP contribution in [0.4, 0.5) is 23.7 Å². The summed E-state index contributed by atoms with van der Waals surface area (Å²) in [5.41, 5.74) is -0.594. The Balaban J connectivity index is 1.43. The molecule has 0 radical (unpaired) electrons. The number of aromatic nitrogens is 1. The molecule has 1 unspecified atom stereocenters. The molecule has 1 aromatic heterocycles. The molecule has 2 fully saturated rings. The van der Waals surface area contributed by atoms with Gasteiger partial charge in [-0.25, -0.2) is 13.2 Å². The first-order valence-corrected chi connectivity index (χ1v) is 14.5. The van der Waals surface area contributed by atoms with Gasteiger partial charge in [0.15, 0.2) is 5.75 Å². The number of benzene rings is 2. The minimum absolute atomic E-state index is 0.0305. The van der Waals surface area contributed by atoms with E-state index in [-0.39, 0.29) is 41.5 Å². The van der Waals surface area contributed by atoms with Gasteiger partial charge in [-0.05, 0) is 49.1 Å². The molecule has 0 aliphatic carbocycles. The van der Waals surface area contributed by atoms with Crippen LogP contribution in [0.25, 0.3) is 10.9 Å². The van der Waals surface area contributed by atoms with Gasteiger partial charge in [-0.2, -0.15) is 0 Å². The van der Waals surface area contributed by atoms with Gasteiger partial charge in [0.25, 0.3) is 15.9 Å². The summed E-state index contributed by atoms with van der Waals surface area (Å²) >= 11 is 0. The van der Waals surface area contributed by atoms with E-state index >= 15 is 0 Å². The third-order valence-electron chi connectivity index (χ3n) is 7.35. The fourth-order valence-corrected chi connectivity index (χ4v) is 6.61. The van der Waals surface area contributed by atoms with Gasteiger partial charge < -0.3 is 24.4 Å². The number of nitrogens with zero attached hydrogens (tertiary/aromatic N) is 3. The fraction of sp³-hybridized carbons (Fsp3) is 0.370. The lowest BCUT2D eigenvalue weighted by Crippen LogP contribution is -2.59. The maximum atomic E-state index is 13.4. The van der Waals surface area contributed by atoms with Gasteiger partial charge in [-0.3, -0.25) is 14.5 Å². The molecule has 0 bridgehead atoms. The van der Waals surface area contributed by atoms with Crippen molar-refractivity contribution in [3.05, 3.63) is 60.3 Å². The Morgan fingerprint density at radius 2 is 1.81 bits per heavy atom. The molecule has 2 amide bonds. The molecular formula is C27H27F3N4O7S. The molecule has 5 rings (SSSR count). The Morgan fingerprint density at radius 3 is 2.52 bits per heavy atom. The molecule has 2 aliphatic rings. The summed E-state index contributed by atoms with van der Waals surface area (Å²) in [6.45, 7) is 1.04. The van der Waals surface area contributed by atoms with Crippen LogP contribution in [0.15, 0.2) is 59.6 Å². The SMILES string of the molecule is O=C(c1ccc(NS(=O)(=O)c2cccc3cccnc23)c(OC(F)(F)F)c1)N1CCN(C(=O)O)C(C2CCOCC2)C1. The van der Waals surface area contributed by atoms with Crippen LogP contribution in [0, 0.1) is 5.92 Å². The van der Waals surface area contributed by atoms with Crippen molar-refractivity contribution in [3.8, 4) is 5.75 Å². The second-order valence-corrected chi connectivity index (χ2v) is 11.6. The standard InChI is InChI=1S/C27H27F3N4O7S/c28-27(29,30)41-22-15-19(25(35)33-11-12-34(26(36)37)21(16-33)17-8-13-40-14-9-17)6-7-20(22)32-42(38,39)23-5-1-3-18-4-2-10-31-24(18)23/h1-7,10,15,17,21,32H,8-9,11-14,16H2,(H,36,37). The van der Waals surface area contributed by atoms with Crippen LogP contribution < -0.4 is 9.46 Å². The maximum Gasteiger partial charge on any atom is 0.573 e. The topological polar surface area (TPSA) is 138 Å². The largest absolute Gasteiger partial charge is 0.573 e. The molecule has 0 spiro atoms. The summed E-state index contributed by atoms with van der Waals surface area (Å²) < 4.78 is 78.2. The molecular weight excluding hydrogens is 581 g/mol. The molecule has 2 N–H and O–H groups in total. The number of para-hydroxylation sites is 1. The average molecular weight is 609 g/mol. The number of hydrogen-bond acceptors (Lipinski definition) is 7. The van der Waals surface area contributed by atoms with E-state index in [1.54, 1.807) is 18.2 Å². The van der Waals surface area contributed by atoms with Crippen LogP contribution in [0.2, 0.25) is 0 Å². The summed E-state index contributed by atoms with van der Waals surface area (Å²) in [6, 6.07) is 10.2. The van der Waals surface area contributed by atoms with Crippen molar-refractivity contribution in [2.24, 2.45) is 5.92 Å². The number of rotatable bonds is 6. The number of carboxylic acid groups (broad SMARTS) is 1. The predicted octanol–water partition coefficient (Wildman–Crippen LogP) is 4.17. The highest BCUT2D eigenvalue weighted by Crippen LogP contribution is 2.35. The van der Waals surface area contributed by atoms with E-state index in [0.29, 0.717) is 31.4 Å². The summed E-state index contributed by atoms with van der Waals surface area (Å²) in [5.74, 6) is -1.61. The Bertz CT molecular complexity index is 1590. The lowest BCUT2D eigenvalue weighted by Gasteiger charge is -2.44. The highest BCUT2D eigenvalue weighted by Gasteiger charge is 2.39. The summed E-state index contributed by atoms with van der Waals surface area (Å²) in [4.78, 5) is 31.8. The monoisotopic (exact) mass is 608 g/mol. The van der Waals surface area contributed by atoms with Crippen molar-refractivity contribution in [3.63, 3.8) is 0 Å². The number of alkyl halides is 3. The van der Waals surface area contributed by atoms with E-state index in [4.69, 9.17) is 4.74 Å². The van der Waals surface area contributed by atoms with Gasteiger partial charge in [0.1, 0.15) is 4.90 Å². The van der Waals surface area contributed by atoms with Crippen LogP contribution in [0.3, 0.4) is 0 Å². The highest BCUT2D eigenvalue weighted by atomic mass is 32.2. The second kappa shape index (κ2) is 11.6. The third-order valence-corrected chi connectivity index (χ3v) is 8.74. The third kappa shape index (κ3) is 6.36. The summed E-state index contributed by atoms with van der Waals surface area (Å²) in [5, 5.41) is 10.2. The van der Waals surface area contributed by atoms with Crippen LogP contribution in [-0.2, 0) is 14.8 Å². The number of ether oxygens (including phenoxy) is 2. The van der Waals surface area contributed by atoms with Crippen molar-refractivity contribution < 1.29 is 45.8 Å². The summed E-state index contributed by atoms with van der Waals surface area (Å²) in [6.07, 6.45) is -3.69. The Hall–Kier alpha value is -4.11. The number of anilines is 1. The maximum absolute atomic E-state index is 13.4. The number of pyridine rings is 1. The molecule has 15 heteroatoms. The quantitative estimate of drug-likeness (QED) is 0.426. The van der Waals surface area contributed by atoms with Crippen LogP contribution in [0.5, 0.6) is 5.75 Å². The number of nitrogens with one attached hydrogen (secondary N) is 1. The minimum atomic E-state index is -5.19. The molecule has 224 valence electrons. The number of amides is 2. The van der Waals surface area contributed by atoms with Crippen molar-refractivity contribution >= 4 is 38.6 Å². The highest BCUT2D eigenvalue weighted by molar-refractivity contribution is 7.93. The van der Waals surface area contributed by atoms with E-state index in [2.05, 4.69) is 14.4 Å². The number of piperazine rings is 1. The second-order valence-electron chi connectivity index (χ2n) is 9.94. The van der Waals surface area contributed by atoms with E-state index in [9.17, 15) is 36.3 Å². The number of hydrogen-bond donors (Lipinski definition) is 2. The molecule has 42 heavy (non-hydrogen) atoms. The predicted molar refractivity (Wildman–Crippen MR) is 144 cm³/mol. The van der Waals surface area contributed by atoms with E-state index in [0.717, 1.165) is 12.1 Å². The van der Waals surface area contributed by atoms with Crippen LogP contribution >= 0.6 is 0 Å². The van der Waals surface area contributed by atoms with Crippen molar-refractivity contribution in [1.82, 2.24) is 14.8 Å². The Kier molecular flexibility index (Phi) is 8.14. The normalized spacial score (nSPS) is 18.6. The molecule has 2 aliphatic heterocycles. The van der Waals surface area contributed by atoms with Crippen LogP contribution in [0.1, 0.15) is 23.2 Å². The number of carbonyl (C=O) groups excluding carboxylic acids is 1. The zero-order valence-corrected chi connectivity index (χ0v) is 22.9. The van der Waals surface area contributed by atoms with E-state index in [1.165, 1.54) is 34.2 Å². The lowest BCUT2D eigenvalue weighted by molar-refractivity contribution is -0.274. The molecule has 2 aromatic carbocycles. The molecule has 11 nitrogen and oxygen atoms in total. The van der Waals surface area contributed by atoms with Crippen molar-refractivity contribution in [2.75, 3.05) is 37.6 Å². The number of fused-ring (bicyclic) bond motifs is 1. The van der Waals surface area contributed by atoms with E-state index < -0.39 is 45.9 Å². The number of sulfonamides is 1. The first-order chi connectivity index (χ1) is 19.9. The number of halogens is 3. The van der Waals surface area contributed by atoms with E-state index in [1.807, 2.05) is 0 Å². The molecule has 1 atom stereocenters. The van der Waals surface area contributed by atoms with Gasteiger partial charge in [-0.15, -0.1) is 13.2 Å². The summed E-state index contributed by atoms with van der Waals surface area (Å²) in [7, 11) is -4.43. The van der Waals surface area contributed by atoms with Crippen LogP contribution in [-0.4, -0.2) is 85.6 Å². The smallest absolute Gasteiger partial charge is 0.465 e. The van der Waals surface area contributed by atoms with Gasteiger partial charge in [0.2, 0.25) is 0 Å². The van der Waals surface area contributed by atoms with Gasteiger partial charge >= 0.3 is 12.5 Å². The van der Waals surface area contributed by atoms with Gasteiger partial charge in [0, 0.05) is 50.0 Å². The first-order valence-electron chi connectivity index (χ1n) is 13.1. The fourth-order valence-electron chi connectivity index (χ4n) is 5.36. The average Bonchev–Trinajstić information content (AvgIpc) is 2.96. The molecule has 3 aromatic rings. The van der Waals surface area contributed by atoms with Gasteiger partial charge in [0.05, 0.1) is 17.2 Å². The van der Waals surface area contributed by atoms with Gasteiger partial charge in [-0.1, -0.05) is 18.2 Å². The molecule has 3 heterocycles. The first kappa shape index (κ1) is 29.4. The van der Waals surface area contributed by atoms with Crippen molar-refractivity contribution in [1.29, 1.82) is 0 Å². The zero-order chi connectivity index (χ0) is 30.1. The molecule has 0 saturated carbocycles. The lowest BCUT2D eigenvalue weighted by atomic mass is 9.89. The minimum Gasteiger partial charge on any atom is -0.465 e. The Morgan fingerprint density at radius 1 is 1.07 bits per heavy atom. The van der Waals surface area contributed by atoms with Crippen molar-refractivity contribution in [2.45, 2.75) is 30.1 Å². The number of carbonyl (C=O) groups is 2.